The highest BCUT2D eigenvalue weighted by atomic mass is 32.2. The Morgan fingerprint density at radius 3 is 2.44 bits per heavy atom. The second-order valence-corrected chi connectivity index (χ2v) is 7.17. The molecular weight excluding hydrogens is 253 g/mol. The fourth-order valence-electron chi connectivity index (χ4n) is 3.16. The Balaban J connectivity index is 1.87. The van der Waals surface area contributed by atoms with Crippen LogP contribution in [0.1, 0.15) is 19.3 Å². The molecule has 1 aromatic carbocycles. The van der Waals surface area contributed by atoms with Crippen LogP contribution < -0.4 is 0 Å². The lowest BCUT2D eigenvalue weighted by atomic mass is 10.0. The average Bonchev–Trinajstić information content (AvgIpc) is 2.89. The van der Waals surface area contributed by atoms with Crippen LogP contribution in [0, 0.1) is 17.7 Å². The Hall–Kier alpha value is -0.940. The number of hydrogen-bond acceptors (Lipinski definition) is 2. The molecule has 0 bridgehead atoms. The normalized spacial score (nSPS) is 28.5. The van der Waals surface area contributed by atoms with Gasteiger partial charge in [-0.05, 0) is 42.9 Å². The van der Waals surface area contributed by atoms with Gasteiger partial charge in [-0.3, -0.25) is 0 Å². The Bertz CT molecular complexity index is 546. The third-order valence-corrected chi connectivity index (χ3v) is 5.95. The zero-order chi connectivity index (χ0) is 12.8. The second kappa shape index (κ2) is 4.31. The van der Waals surface area contributed by atoms with Gasteiger partial charge in [-0.25, -0.2) is 12.8 Å². The largest absolute Gasteiger partial charge is 0.243 e. The molecule has 1 saturated heterocycles. The maximum absolute atomic E-state index is 13.1. The molecule has 98 valence electrons. The topological polar surface area (TPSA) is 37.4 Å². The molecule has 0 aromatic heterocycles. The third-order valence-electron chi connectivity index (χ3n) is 4.13. The molecule has 2 fully saturated rings. The van der Waals surface area contributed by atoms with Crippen LogP contribution in [0.3, 0.4) is 0 Å². The van der Waals surface area contributed by atoms with E-state index in [1.54, 1.807) is 0 Å². The van der Waals surface area contributed by atoms with Crippen molar-refractivity contribution < 1.29 is 12.8 Å². The van der Waals surface area contributed by atoms with Crippen molar-refractivity contribution in [1.82, 2.24) is 4.31 Å². The van der Waals surface area contributed by atoms with Gasteiger partial charge >= 0.3 is 0 Å². The van der Waals surface area contributed by atoms with Crippen molar-refractivity contribution in [2.75, 3.05) is 13.1 Å². The zero-order valence-corrected chi connectivity index (χ0v) is 10.9. The molecule has 3 nitrogen and oxygen atoms in total. The molecule has 2 atom stereocenters. The number of nitrogens with zero attached hydrogens (tertiary/aromatic N) is 1. The first-order chi connectivity index (χ1) is 8.57. The first-order valence-electron chi connectivity index (χ1n) is 6.33. The summed E-state index contributed by atoms with van der Waals surface area (Å²) in [5.41, 5.74) is 0. The van der Waals surface area contributed by atoms with E-state index in [4.69, 9.17) is 0 Å². The lowest BCUT2D eigenvalue weighted by Gasteiger charge is -2.17. The van der Waals surface area contributed by atoms with Gasteiger partial charge in [0.05, 0.1) is 4.90 Å². The molecule has 2 aliphatic rings. The number of rotatable bonds is 2. The summed E-state index contributed by atoms with van der Waals surface area (Å²) in [5, 5.41) is 0. The van der Waals surface area contributed by atoms with Crippen molar-refractivity contribution in [2.24, 2.45) is 11.8 Å². The molecule has 1 saturated carbocycles. The molecule has 3 rings (SSSR count). The highest BCUT2D eigenvalue weighted by molar-refractivity contribution is 7.89. The molecular formula is C13H16FNO2S. The first-order valence-corrected chi connectivity index (χ1v) is 7.77. The molecule has 0 radical (unpaired) electrons. The van der Waals surface area contributed by atoms with Crippen LogP contribution in [-0.2, 0) is 10.0 Å². The van der Waals surface area contributed by atoms with Crippen molar-refractivity contribution in [1.29, 1.82) is 0 Å². The highest BCUT2D eigenvalue weighted by Gasteiger charge is 2.41. The average molecular weight is 269 g/mol. The van der Waals surface area contributed by atoms with Crippen LogP contribution in [0.5, 0.6) is 0 Å². The minimum absolute atomic E-state index is 0.0717. The van der Waals surface area contributed by atoms with Gasteiger partial charge < -0.3 is 0 Å². The number of halogens is 1. The van der Waals surface area contributed by atoms with Gasteiger partial charge in [0.1, 0.15) is 5.82 Å². The van der Waals surface area contributed by atoms with Gasteiger partial charge in [-0.15, -0.1) is 0 Å². The van der Waals surface area contributed by atoms with Crippen LogP contribution in [-0.4, -0.2) is 25.8 Å². The van der Waals surface area contributed by atoms with E-state index in [0.717, 1.165) is 18.9 Å². The lowest BCUT2D eigenvalue weighted by molar-refractivity contribution is 0.445. The SMILES string of the molecule is O=S(=O)(c1cccc(F)c1)N1CC2CCC[C@H]2C1. The van der Waals surface area contributed by atoms with E-state index in [0.29, 0.717) is 24.9 Å². The van der Waals surface area contributed by atoms with Crippen LogP contribution in [0.4, 0.5) is 4.39 Å². The Morgan fingerprint density at radius 1 is 1.17 bits per heavy atom. The van der Waals surface area contributed by atoms with Crippen LogP contribution in [0.15, 0.2) is 29.2 Å². The van der Waals surface area contributed by atoms with Crippen molar-refractivity contribution in [3.8, 4) is 0 Å². The van der Waals surface area contributed by atoms with Crippen LogP contribution >= 0.6 is 0 Å². The first kappa shape index (κ1) is 12.1. The quantitative estimate of drug-likeness (QED) is 0.825. The number of hydrogen-bond donors (Lipinski definition) is 0. The minimum Gasteiger partial charge on any atom is -0.207 e. The van der Waals surface area contributed by atoms with Gasteiger partial charge in [0.2, 0.25) is 10.0 Å². The molecule has 1 aliphatic heterocycles. The second-order valence-electron chi connectivity index (χ2n) is 5.23. The number of fused-ring (bicyclic) bond motifs is 1. The Labute approximate surface area is 107 Å². The van der Waals surface area contributed by atoms with Crippen molar-refractivity contribution in [3.05, 3.63) is 30.1 Å². The summed E-state index contributed by atoms with van der Waals surface area (Å²) in [6.07, 6.45) is 3.46. The molecule has 5 heteroatoms. The molecule has 0 amide bonds. The van der Waals surface area contributed by atoms with E-state index in [9.17, 15) is 12.8 Å². The van der Waals surface area contributed by atoms with Crippen molar-refractivity contribution >= 4 is 10.0 Å². The molecule has 1 aliphatic carbocycles. The molecule has 0 N–H and O–H groups in total. The van der Waals surface area contributed by atoms with Gasteiger partial charge in [-0.1, -0.05) is 12.5 Å². The van der Waals surface area contributed by atoms with E-state index in [1.165, 1.54) is 28.9 Å². The predicted octanol–water partition coefficient (Wildman–Crippen LogP) is 2.25. The molecule has 1 heterocycles. The maximum atomic E-state index is 13.1. The third kappa shape index (κ3) is 1.95. The van der Waals surface area contributed by atoms with Gasteiger partial charge in [0.25, 0.3) is 0 Å². The smallest absolute Gasteiger partial charge is 0.207 e. The molecule has 0 spiro atoms. The Kier molecular flexibility index (Phi) is 2.90. The standard InChI is InChI=1S/C13H16FNO2S/c14-12-5-2-6-13(7-12)18(16,17)15-8-10-3-1-4-11(10)9-15/h2,5-7,10-11H,1,3-4,8-9H2/t10-,11?/m0/s1. The summed E-state index contributed by atoms with van der Waals surface area (Å²) in [7, 11) is -3.51. The predicted molar refractivity (Wildman–Crippen MR) is 66.0 cm³/mol. The Morgan fingerprint density at radius 2 is 1.83 bits per heavy atom. The van der Waals surface area contributed by atoms with E-state index in [-0.39, 0.29) is 4.90 Å². The fourth-order valence-corrected chi connectivity index (χ4v) is 4.75. The van der Waals surface area contributed by atoms with Gasteiger partial charge in [0.15, 0.2) is 0 Å². The van der Waals surface area contributed by atoms with Crippen LogP contribution in [0.2, 0.25) is 0 Å². The zero-order valence-electron chi connectivity index (χ0n) is 10.0. The summed E-state index contributed by atoms with van der Waals surface area (Å²) in [6, 6.07) is 5.27. The molecule has 1 unspecified atom stereocenters. The van der Waals surface area contributed by atoms with Gasteiger partial charge in [0, 0.05) is 13.1 Å². The molecule has 18 heavy (non-hydrogen) atoms. The van der Waals surface area contributed by atoms with Crippen molar-refractivity contribution in [2.45, 2.75) is 24.2 Å². The van der Waals surface area contributed by atoms with E-state index < -0.39 is 15.8 Å². The summed E-state index contributed by atoms with van der Waals surface area (Å²) in [5.74, 6) is 0.511. The summed E-state index contributed by atoms with van der Waals surface area (Å²) in [4.78, 5) is 0.0717. The van der Waals surface area contributed by atoms with Gasteiger partial charge in [-0.2, -0.15) is 4.31 Å². The number of benzene rings is 1. The number of sulfonamides is 1. The summed E-state index contributed by atoms with van der Waals surface area (Å²) < 4.78 is 39.4. The van der Waals surface area contributed by atoms with E-state index in [2.05, 4.69) is 0 Å². The van der Waals surface area contributed by atoms with E-state index >= 15 is 0 Å². The minimum atomic E-state index is -3.51. The van der Waals surface area contributed by atoms with Crippen molar-refractivity contribution in [3.63, 3.8) is 0 Å². The molecule has 1 aromatic rings. The van der Waals surface area contributed by atoms with Crippen LogP contribution in [0.25, 0.3) is 0 Å². The monoisotopic (exact) mass is 269 g/mol. The maximum Gasteiger partial charge on any atom is 0.243 e. The van der Waals surface area contributed by atoms with E-state index in [1.807, 2.05) is 0 Å². The summed E-state index contributed by atoms with van der Waals surface area (Å²) >= 11 is 0. The summed E-state index contributed by atoms with van der Waals surface area (Å²) in [6.45, 7) is 1.20. The fraction of sp³-hybridized carbons (Fsp3) is 0.538. The lowest BCUT2D eigenvalue weighted by Crippen LogP contribution is -2.29. The highest BCUT2D eigenvalue weighted by Crippen LogP contribution is 2.39.